The number of furan rings is 1. The molecule has 0 spiro atoms. The number of rotatable bonds is 4. The Kier molecular flexibility index (Phi) is 6.23. The highest BCUT2D eigenvalue weighted by atomic mass is 19.1. The van der Waals surface area contributed by atoms with Crippen LogP contribution in [-0.2, 0) is 7.05 Å². The van der Waals surface area contributed by atoms with Crippen molar-refractivity contribution in [3.8, 4) is 22.4 Å². The first-order valence-electron chi connectivity index (χ1n) is 14.3. The van der Waals surface area contributed by atoms with Crippen LogP contribution in [-0.4, -0.2) is 0 Å². The lowest BCUT2D eigenvalue weighted by molar-refractivity contribution is -0.660. The first-order chi connectivity index (χ1) is 19.6. The molecule has 1 aliphatic carbocycles. The van der Waals surface area contributed by atoms with Gasteiger partial charge in [-0.3, -0.25) is 0 Å². The van der Waals surface area contributed by atoms with E-state index in [-0.39, 0.29) is 5.82 Å². The lowest BCUT2D eigenvalue weighted by Crippen LogP contribution is -2.30. The highest BCUT2D eigenvalue weighted by molar-refractivity contribution is 6.13. The van der Waals surface area contributed by atoms with Crippen molar-refractivity contribution in [1.29, 1.82) is 0 Å². The maximum atomic E-state index is 15.6. The molecule has 2 heterocycles. The van der Waals surface area contributed by atoms with E-state index in [1.807, 2.05) is 37.5 Å². The van der Waals surface area contributed by atoms with E-state index in [0.717, 1.165) is 51.6 Å². The van der Waals surface area contributed by atoms with Crippen LogP contribution in [0.25, 0.3) is 44.3 Å². The third-order valence-corrected chi connectivity index (χ3v) is 8.92. The van der Waals surface area contributed by atoms with Crippen LogP contribution in [0.3, 0.4) is 0 Å². The van der Waals surface area contributed by atoms with Crippen LogP contribution < -0.4 is 4.57 Å². The molecule has 0 bridgehead atoms. The van der Waals surface area contributed by atoms with Gasteiger partial charge >= 0.3 is 0 Å². The van der Waals surface area contributed by atoms with Crippen LogP contribution >= 0.6 is 0 Å². The summed E-state index contributed by atoms with van der Waals surface area (Å²) in [5.41, 5.74) is 8.85. The van der Waals surface area contributed by atoms with Crippen molar-refractivity contribution in [2.45, 2.75) is 44.4 Å². The first-order valence-corrected chi connectivity index (χ1v) is 14.3. The Morgan fingerprint density at radius 2 is 1.32 bits per heavy atom. The van der Waals surface area contributed by atoms with E-state index in [2.05, 4.69) is 78.2 Å². The lowest BCUT2D eigenvalue weighted by atomic mass is 9.76. The van der Waals surface area contributed by atoms with E-state index in [1.165, 1.54) is 24.0 Å². The number of benzene rings is 4. The Hall–Kier alpha value is -4.24. The zero-order valence-corrected chi connectivity index (χ0v) is 23.0. The Labute approximate surface area is 234 Å². The normalized spacial score (nSPS) is 17.5. The number of hydrogen-bond donors (Lipinski definition) is 0. The van der Waals surface area contributed by atoms with Crippen molar-refractivity contribution < 1.29 is 13.4 Å². The molecule has 6 aromatic rings. The quantitative estimate of drug-likeness (QED) is 0.209. The number of aryl methyl sites for hydroxylation is 2. The molecule has 1 aliphatic rings. The average Bonchev–Trinajstić information content (AvgIpc) is 3.36. The summed E-state index contributed by atoms with van der Waals surface area (Å²) in [5.74, 6) is 0.872. The minimum Gasteiger partial charge on any atom is -0.454 e. The van der Waals surface area contributed by atoms with Crippen molar-refractivity contribution in [2.75, 3.05) is 0 Å². The molecule has 0 saturated heterocycles. The maximum absolute atomic E-state index is 15.6. The molecule has 0 aliphatic heterocycles. The van der Waals surface area contributed by atoms with Gasteiger partial charge in [-0.1, -0.05) is 66.7 Å². The van der Waals surface area contributed by atoms with Crippen molar-refractivity contribution >= 4 is 21.9 Å². The standard InChI is InChI=1S/C37H33FNO/c1-24-14-19-30-31-20-21-32(38)35(37(31)40-36(30)34(24)33-13-6-7-22-39(33)2)29-12-8-11-28(23-29)27-17-15-26(16-18-27)25-9-4-3-5-10-25/h3-14,19-23,26-27H,15-18H2,1-2H3/q+1. The van der Waals surface area contributed by atoms with Gasteiger partial charge in [-0.2, -0.15) is 0 Å². The van der Waals surface area contributed by atoms with E-state index in [9.17, 15) is 0 Å². The molecular weight excluding hydrogens is 493 g/mol. The second-order valence-corrected chi connectivity index (χ2v) is 11.3. The summed E-state index contributed by atoms with van der Waals surface area (Å²) in [6, 6.07) is 33.2. The van der Waals surface area contributed by atoms with Gasteiger partial charge in [-0.25, -0.2) is 8.96 Å². The molecule has 0 unspecified atom stereocenters. The molecule has 3 heteroatoms. The number of fused-ring (bicyclic) bond motifs is 3. The summed E-state index contributed by atoms with van der Waals surface area (Å²) < 4.78 is 24.4. The molecule has 0 amide bonds. The zero-order valence-electron chi connectivity index (χ0n) is 23.0. The summed E-state index contributed by atoms with van der Waals surface area (Å²) in [6.07, 6.45) is 6.71. The van der Waals surface area contributed by atoms with Gasteiger partial charge in [-0.05, 0) is 84.9 Å². The molecule has 198 valence electrons. The highest BCUT2D eigenvalue weighted by Gasteiger charge is 2.26. The Morgan fingerprint density at radius 3 is 2.08 bits per heavy atom. The van der Waals surface area contributed by atoms with Crippen molar-refractivity contribution in [1.82, 2.24) is 0 Å². The number of hydrogen-bond acceptors (Lipinski definition) is 1. The smallest absolute Gasteiger partial charge is 0.216 e. The third-order valence-electron chi connectivity index (χ3n) is 8.92. The fraction of sp³-hybridized carbons (Fsp3) is 0.216. The van der Waals surface area contributed by atoms with E-state index >= 15 is 4.39 Å². The topological polar surface area (TPSA) is 17.0 Å². The summed E-state index contributed by atoms with van der Waals surface area (Å²) in [4.78, 5) is 0. The Bertz CT molecular complexity index is 1840. The van der Waals surface area contributed by atoms with E-state index < -0.39 is 0 Å². The van der Waals surface area contributed by atoms with E-state index in [4.69, 9.17) is 4.42 Å². The second kappa shape index (κ2) is 10.1. The predicted molar refractivity (Wildman–Crippen MR) is 161 cm³/mol. The fourth-order valence-electron chi connectivity index (χ4n) is 6.78. The summed E-state index contributed by atoms with van der Waals surface area (Å²) >= 11 is 0. The van der Waals surface area contributed by atoms with Crippen LogP contribution in [0.5, 0.6) is 0 Å². The van der Waals surface area contributed by atoms with Gasteiger partial charge < -0.3 is 4.42 Å². The largest absolute Gasteiger partial charge is 0.454 e. The van der Waals surface area contributed by atoms with Crippen LogP contribution in [0, 0.1) is 12.7 Å². The molecule has 2 aromatic heterocycles. The van der Waals surface area contributed by atoms with E-state index in [0.29, 0.717) is 23.0 Å². The SMILES string of the molecule is Cc1ccc2c(oc3c(-c4cccc(C5CCC(c6ccccc6)CC5)c4)c(F)ccc32)c1-c1cccc[n+]1C. The molecule has 0 N–H and O–H groups in total. The highest BCUT2D eigenvalue weighted by Crippen LogP contribution is 2.44. The summed E-state index contributed by atoms with van der Waals surface area (Å²) in [5, 5.41) is 1.95. The fourth-order valence-corrected chi connectivity index (χ4v) is 6.78. The third kappa shape index (κ3) is 4.21. The molecule has 0 radical (unpaired) electrons. The van der Waals surface area contributed by atoms with Crippen LogP contribution in [0.2, 0.25) is 0 Å². The molecule has 0 atom stereocenters. The Balaban J connectivity index is 1.30. The van der Waals surface area contributed by atoms with Crippen LogP contribution in [0.15, 0.2) is 108 Å². The van der Waals surface area contributed by atoms with Gasteiger partial charge in [0, 0.05) is 22.9 Å². The summed E-state index contributed by atoms with van der Waals surface area (Å²) in [6.45, 7) is 2.10. The van der Waals surface area contributed by atoms with Crippen LogP contribution in [0.4, 0.5) is 4.39 Å². The molecular formula is C37H33FNO+. The summed E-state index contributed by atoms with van der Waals surface area (Å²) in [7, 11) is 2.04. The zero-order chi connectivity index (χ0) is 27.2. The molecule has 1 fully saturated rings. The van der Waals surface area contributed by atoms with Gasteiger partial charge in [0.25, 0.3) is 0 Å². The molecule has 2 nitrogen and oxygen atoms in total. The first kappa shape index (κ1) is 24.8. The van der Waals surface area contributed by atoms with Crippen molar-refractivity contribution in [2.24, 2.45) is 7.05 Å². The number of halogens is 1. The molecule has 4 aromatic carbocycles. The van der Waals surface area contributed by atoms with Crippen molar-refractivity contribution in [3.05, 3.63) is 126 Å². The number of aromatic nitrogens is 1. The Morgan fingerprint density at radius 1 is 0.675 bits per heavy atom. The van der Waals surface area contributed by atoms with Crippen molar-refractivity contribution in [3.63, 3.8) is 0 Å². The van der Waals surface area contributed by atoms with Gasteiger partial charge in [0.2, 0.25) is 5.69 Å². The number of pyridine rings is 1. The van der Waals surface area contributed by atoms with Gasteiger partial charge in [0.05, 0.1) is 11.1 Å². The van der Waals surface area contributed by atoms with Gasteiger partial charge in [-0.15, -0.1) is 0 Å². The maximum Gasteiger partial charge on any atom is 0.216 e. The average molecular weight is 527 g/mol. The predicted octanol–water partition coefficient (Wildman–Crippen LogP) is 9.63. The van der Waals surface area contributed by atoms with Crippen LogP contribution in [0.1, 0.15) is 54.2 Å². The second-order valence-electron chi connectivity index (χ2n) is 11.3. The molecule has 1 saturated carbocycles. The molecule has 7 rings (SSSR count). The minimum absolute atomic E-state index is 0.250. The number of nitrogens with zero attached hydrogens (tertiary/aromatic N) is 1. The monoisotopic (exact) mass is 526 g/mol. The van der Waals surface area contributed by atoms with Gasteiger partial charge in [0.1, 0.15) is 24.0 Å². The minimum atomic E-state index is -0.250. The van der Waals surface area contributed by atoms with E-state index in [1.54, 1.807) is 6.07 Å². The van der Waals surface area contributed by atoms with Gasteiger partial charge in [0.15, 0.2) is 6.20 Å². The lowest BCUT2D eigenvalue weighted by Gasteiger charge is -2.29. The molecule has 40 heavy (non-hydrogen) atoms.